The molecule has 0 unspecified atom stereocenters. The molecule has 0 amide bonds. The van der Waals surface area contributed by atoms with Crippen LogP contribution >= 0.6 is 0 Å². The van der Waals surface area contributed by atoms with Crippen LogP contribution < -0.4 is 11.4 Å². The second-order valence-electron chi connectivity index (χ2n) is 4.48. The Balaban J connectivity index is 2.45. The molecule has 0 aliphatic heterocycles. The Morgan fingerprint density at radius 2 is 1.85 bits per heavy atom. The normalized spacial score (nSPS) is 11.8. The van der Waals surface area contributed by atoms with Gasteiger partial charge in [0.25, 0.3) is 0 Å². The van der Waals surface area contributed by atoms with Crippen molar-refractivity contribution in [2.24, 2.45) is 0 Å². The van der Waals surface area contributed by atoms with Gasteiger partial charge in [-0.2, -0.15) is 0 Å². The van der Waals surface area contributed by atoms with Gasteiger partial charge in [0.1, 0.15) is 0 Å². The summed E-state index contributed by atoms with van der Waals surface area (Å²) in [5.41, 5.74) is -0.321. The summed E-state index contributed by atoms with van der Waals surface area (Å²) in [4.78, 5) is 23.3. The Hall–Kier alpha value is -1.89. The van der Waals surface area contributed by atoms with E-state index >= 15 is 0 Å². The first-order chi connectivity index (χ1) is 9.44. The lowest BCUT2D eigenvalue weighted by Gasteiger charge is -2.08. The van der Waals surface area contributed by atoms with Crippen molar-refractivity contribution < 1.29 is 12.8 Å². The minimum Gasteiger partial charge on any atom is -0.372 e. The number of fused-ring (bicyclic) bond motifs is 1. The highest BCUT2D eigenvalue weighted by Crippen LogP contribution is 2.07. The van der Waals surface area contributed by atoms with Gasteiger partial charge in [-0.05, 0) is 18.6 Å². The lowest BCUT2D eigenvalue weighted by molar-refractivity contribution is 0.421. The van der Waals surface area contributed by atoms with E-state index in [1.54, 1.807) is 25.1 Å². The molecule has 0 aliphatic carbocycles. The number of hydrogen-bond donors (Lipinski definition) is 0. The molecule has 2 rings (SSSR count). The first-order valence-corrected chi connectivity index (χ1v) is 8.10. The molecule has 0 radical (unpaired) electrons. The van der Waals surface area contributed by atoms with E-state index in [-0.39, 0.29) is 23.4 Å². The zero-order chi connectivity index (χ0) is 14.8. The van der Waals surface area contributed by atoms with E-state index < -0.39 is 21.2 Å². The smallest absolute Gasteiger partial charge is 0.372 e. The summed E-state index contributed by atoms with van der Waals surface area (Å²) in [5.74, 6) is -0.907. The molecule has 0 N–H and O–H groups in total. The van der Waals surface area contributed by atoms with Gasteiger partial charge in [-0.1, -0.05) is 19.1 Å². The monoisotopic (exact) mass is 297 g/mol. The number of hydrogen-bond acceptors (Lipinski definition) is 5. The van der Waals surface area contributed by atoms with Crippen molar-refractivity contribution in [1.82, 2.24) is 4.57 Å². The minimum absolute atomic E-state index is 0.0224. The Morgan fingerprint density at radius 3 is 2.55 bits per heavy atom. The maximum Gasteiger partial charge on any atom is 0.422 e. The molecule has 0 aliphatic rings. The number of benzene rings is 1. The molecule has 1 aromatic carbocycles. The fourth-order valence-electron chi connectivity index (χ4n) is 2.02. The Bertz CT molecular complexity index is 832. The number of rotatable bonds is 5. The van der Waals surface area contributed by atoms with Crippen LogP contribution in [0.2, 0.25) is 0 Å². The van der Waals surface area contributed by atoms with Crippen molar-refractivity contribution in [2.45, 2.75) is 19.9 Å². The van der Waals surface area contributed by atoms with Crippen LogP contribution in [0, 0.1) is 0 Å². The summed E-state index contributed by atoms with van der Waals surface area (Å²) in [6, 6.07) is 6.47. The first-order valence-electron chi connectivity index (χ1n) is 6.28. The topological polar surface area (TPSA) is 86.3 Å². The zero-order valence-corrected chi connectivity index (χ0v) is 11.9. The predicted octanol–water partition coefficient (Wildman–Crippen LogP) is 0.779. The van der Waals surface area contributed by atoms with Crippen molar-refractivity contribution in [3.8, 4) is 0 Å². The molecule has 1 aromatic heterocycles. The van der Waals surface area contributed by atoms with Gasteiger partial charge in [-0.25, -0.2) is 18.0 Å². The average Bonchev–Trinajstić information content (AvgIpc) is 2.38. The highest BCUT2D eigenvalue weighted by atomic mass is 32.2. The summed E-state index contributed by atoms with van der Waals surface area (Å²) in [5, 5.41) is 0.264. The Labute approximate surface area is 115 Å². The highest BCUT2D eigenvalue weighted by Gasteiger charge is 2.13. The lowest BCUT2D eigenvalue weighted by Crippen LogP contribution is -2.28. The van der Waals surface area contributed by atoms with E-state index in [9.17, 15) is 18.0 Å². The molecule has 0 bridgehead atoms. The Kier molecular flexibility index (Phi) is 4.08. The van der Waals surface area contributed by atoms with Gasteiger partial charge in [-0.15, -0.1) is 0 Å². The fourth-order valence-corrected chi connectivity index (χ4v) is 3.31. The molecular weight excluding hydrogens is 282 g/mol. The third kappa shape index (κ3) is 2.98. The molecule has 7 heteroatoms. The standard InChI is InChI=1S/C13H15NO5S/c1-2-8-20(17,18)9-7-14-11-6-4-3-5-10(11)12(15)19-13(14)16/h3-6H,2,7-9H2,1H3. The third-order valence-corrected chi connectivity index (χ3v) is 4.79. The largest absolute Gasteiger partial charge is 0.422 e. The lowest BCUT2D eigenvalue weighted by atomic mass is 10.2. The first kappa shape index (κ1) is 14.5. The summed E-state index contributed by atoms with van der Waals surface area (Å²) >= 11 is 0. The van der Waals surface area contributed by atoms with Gasteiger partial charge in [0, 0.05) is 12.3 Å². The maximum atomic E-state index is 11.7. The van der Waals surface area contributed by atoms with E-state index in [2.05, 4.69) is 4.42 Å². The Morgan fingerprint density at radius 1 is 1.15 bits per heavy atom. The van der Waals surface area contributed by atoms with E-state index in [0.717, 1.165) is 0 Å². The van der Waals surface area contributed by atoms with Crippen LogP contribution in [-0.2, 0) is 16.4 Å². The van der Waals surface area contributed by atoms with Crippen molar-refractivity contribution in [3.63, 3.8) is 0 Å². The van der Waals surface area contributed by atoms with Crippen LogP contribution in [0.4, 0.5) is 0 Å². The van der Waals surface area contributed by atoms with E-state index in [1.165, 1.54) is 10.6 Å². The number of sulfone groups is 1. The molecule has 0 spiro atoms. The molecule has 0 atom stereocenters. The van der Waals surface area contributed by atoms with Crippen LogP contribution in [0.5, 0.6) is 0 Å². The van der Waals surface area contributed by atoms with Crippen molar-refractivity contribution >= 4 is 20.7 Å². The van der Waals surface area contributed by atoms with Crippen LogP contribution in [0.1, 0.15) is 13.3 Å². The van der Waals surface area contributed by atoms with Gasteiger partial charge in [0.15, 0.2) is 9.84 Å². The summed E-state index contributed by atoms with van der Waals surface area (Å²) in [6.45, 7) is 1.76. The van der Waals surface area contributed by atoms with E-state index in [1.807, 2.05) is 0 Å². The zero-order valence-electron chi connectivity index (χ0n) is 11.0. The molecule has 0 fully saturated rings. The quantitative estimate of drug-likeness (QED) is 0.814. The summed E-state index contributed by atoms with van der Waals surface area (Å²) in [7, 11) is -3.20. The molecule has 0 saturated heterocycles. The minimum atomic E-state index is -3.20. The number of para-hydroxylation sites is 1. The fraction of sp³-hybridized carbons (Fsp3) is 0.385. The maximum absolute atomic E-state index is 11.7. The second-order valence-corrected chi connectivity index (χ2v) is 6.78. The molecule has 1 heterocycles. The van der Waals surface area contributed by atoms with Gasteiger partial charge in [-0.3, -0.25) is 4.57 Å². The van der Waals surface area contributed by atoms with Gasteiger partial charge < -0.3 is 4.42 Å². The average molecular weight is 297 g/mol. The summed E-state index contributed by atoms with van der Waals surface area (Å²) in [6.07, 6.45) is 0.530. The van der Waals surface area contributed by atoms with Crippen LogP contribution in [0.25, 0.3) is 10.9 Å². The van der Waals surface area contributed by atoms with Gasteiger partial charge in [0.05, 0.1) is 16.7 Å². The molecule has 6 nitrogen and oxygen atoms in total. The van der Waals surface area contributed by atoms with E-state index in [4.69, 9.17) is 0 Å². The number of aromatic nitrogens is 1. The van der Waals surface area contributed by atoms with Gasteiger partial charge in [0.2, 0.25) is 0 Å². The summed E-state index contributed by atoms with van der Waals surface area (Å²) < 4.78 is 29.2. The van der Waals surface area contributed by atoms with Crippen LogP contribution in [0.3, 0.4) is 0 Å². The SMILES string of the molecule is CCCS(=O)(=O)CCn1c(=O)oc(=O)c2ccccc21. The number of nitrogens with zero attached hydrogens (tertiary/aromatic N) is 1. The molecule has 20 heavy (non-hydrogen) atoms. The number of aryl methyl sites for hydroxylation is 1. The van der Waals surface area contributed by atoms with Crippen molar-refractivity contribution in [2.75, 3.05) is 11.5 Å². The third-order valence-electron chi connectivity index (χ3n) is 2.96. The molecule has 2 aromatic rings. The second kappa shape index (κ2) is 5.62. The molecular formula is C13H15NO5S. The van der Waals surface area contributed by atoms with Crippen molar-refractivity contribution in [1.29, 1.82) is 0 Å². The highest BCUT2D eigenvalue weighted by molar-refractivity contribution is 7.91. The van der Waals surface area contributed by atoms with Gasteiger partial charge >= 0.3 is 11.4 Å². The van der Waals surface area contributed by atoms with Crippen molar-refractivity contribution in [3.05, 3.63) is 45.2 Å². The van der Waals surface area contributed by atoms with Crippen LogP contribution in [-0.4, -0.2) is 24.5 Å². The molecule has 108 valence electrons. The van der Waals surface area contributed by atoms with Crippen LogP contribution in [0.15, 0.2) is 38.3 Å². The molecule has 0 saturated carbocycles. The predicted molar refractivity (Wildman–Crippen MR) is 75.7 cm³/mol. The van der Waals surface area contributed by atoms with E-state index in [0.29, 0.717) is 11.9 Å².